The standard InChI is InChI=1S/C26H35N3O3S/c1-20(19-33-3)27-14-11-26(12-15-27)24(30)28(25(31)29(26)13-6-16-32-2)18-21-9-10-22-7-4-5-8-23(22)17-21/h4-5,7-10,17,20H,6,11-16,18-19H2,1-3H3/t20-/m0/s1. The summed E-state index contributed by atoms with van der Waals surface area (Å²) in [4.78, 5) is 33.2. The fraction of sp³-hybridized carbons (Fsp3) is 0.538. The minimum atomic E-state index is -0.725. The predicted octanol–water partition coefficient (Wildman–Crippen LogP) is 4.23. The maximum Gasteiger partial charge on any atom is 0.327 e. The van der Waals surface area contributed by atoms with Crippen LogP contribution in [0, 0.1) is 0 Å². The highest BCUT2D eigenvalue weighted by molar-refractivity contribution is 7.98. The van der Waals surface area contributed by atoms with Crippen LogP contribution in [0.25, 0.3) is 10.8 Å². The van der Waals surface area contributed by atoms with E-state index in [0.717, 1.165) is 41.6 Å². The molecule has 0 N–H and O–H groups in total. The summed E-state index contributed by atoms with van der Waals surface area (Å²) in [6.07, 6.45) is 4.24. The number of nitrogens with zero attached hydrogens (tertiary/aromatic N) is 3. The lowest BCUT2D eigenvalue weighted by Crippen LogP contribution is -2.58. The summed E-state index contributed by atoms with van der Waals surface area (Å²) >= 11 is 1.85. The molecule has 33 heavy (non-hydrogen) atoms. The summed E-state index contributed by atoms with van der Waals surface area (Å²) in [5, 5.41) is 2.28. The van der Waals surface area contributed by atoms with Gasteiger partial charge >= 0.3 is 6.03 Å². The van der Waals surface area contributed by atoms with Gasteiger partial charge in [0, 0.05) is 45.1 Å². The van der Waals surface area contributed by atoms with Crippen LogP contribution in [0.5, 0.6) is 0 Å². The van der Waals surface area contributed by atoms with Gasteiger partial charge in [0.25, 0.3) is 5.91 Å². The van der Waals surface area contributed by atoms with Gasteiger partial charge in [-0.3, -0.25) is 14.6 Å². The Balaban J connectivity index is 1.56. The minimum absolute atomic E-state index is 0.0322. The summed E-state index contributed by atoms with van der Waals surface area (Å²) in [5.74, 6) is 1.04. The van der Waals surface area contributed by atoms with Crippen LogP contribution >= 0.6 is 11.8 Å². The molecule has 0 aliphatic carbocycles. The van der Waals surface area contributed by atoms with Crippen molar-refractivity contribution in [3.05, 3.63) is 48.0 Å². The first-order chi connectivity index (χ1) is 16.0. The number of urea groups is 1. The number of ether oxygens (including phenoxy) is 1. The smallest absolute Gasteiger partial charge is 0.327 e. The fourth-order valence-corrected chi connectivity index (χ4v) is 5.98. The summed E-state index contributed by atoms with van der Waals surface area (Å²) in [7, 11) is 1.67. The first-order valence-electron chi connectivity index (χ1n) is 11.8. The number of amides is 3. The number of carbonyl (C=O) groups excluding carboxylic acids is 2. The lowest BCUT2D eigenvalue weighted by Gasteiger charge is -2.44. The van der Waals surface area contributed by atoms with Crippen LogP contribution in [0.1, 0.15) is 31.7 Å². The molecule has 3 amide bonds. The molecule has 0 radical (unpaired) electrons. The quantitative estimate of drug-likeness (QED) is 0.406. The number of fused-ring (bicyclic) bond motifs is 1. The van der Waals surface area contributed by atoms with Gasteiger partial charge in [-0.25, -0.2) is 4.79 Å². The third-order valence-corrected chi connectivity index (χ3v) is 7.98. The molecular weight excluding hydrogens is 434 g/mol. The summed E-state index contributed by atoms with van der Waals surface area (Å²) < 4.78 is 5.23. The van der Waals surface area contributed by atoms with E-state index in [1.54, 1.807) is 7.11 Å². The Bertz CT molecular complexity index is 990. The zero-order valence-electron chi connectivity index (χ0n) is 20.0. The van der Waals surface area contributed by atoms with Gasteiger partial charge in [-0.15, -0.1) is 0 Å². The van der Waals surface area contributed by atoms with E-state index in [1.807, 2.05) is 34.9 Å². The molecule has 2 fully saturated rings. The molecule has 6 nitrogen and oxygen atoms in total. The maximum absolute atomic E-state index is 13.8. The summed E-state index contributed by atoms with van der Waals surface area (Å²) in [5.41, 5.74) is 0.257. The van der Waals surface area contributed by atoms with Crippen LogP contribution in [-0.2, 0) is 16.1 Å². The molecule has 0 bridgehead atoms. The molecule has 0 aromatic heterocycles. The Morgan fingerprint density at radius 3 is 2.52 bits per heavy atom. The molecule has 2 heterocycles. The van der Waals surface area contributed by atoms with E-state index in [-0.39, 0.29) is 11.9 Å². The van der Waals surface area contributed by atoms with Crippen molar-refractivity contribution in [1.29, 1.82) is 0 Å². The second-order valence-corrected chi connectivity index (χ2v) is 10.1. The highest BCUT2D eigenvalue weighted by Crippen LogP contribution is 2.39. The van der Waals surface area contributed by atoms with Crippen LogP contribution < -0.4 is 0 Å². The fourth-order valence-electron chi connectivity index (χ4n) is 5.28. The predicted molar refractivity (Wildman–Crippen MR) is 134 cm³/mol. The van der Waals surface area contributed by atoms with Crippen LogP contribution in [0.4, 0.5) is 4.79 Å². The Morgan fingerprint density at radius 1 is 1.09 bits per heavy atom. The Morgan fingerprint density at radius 2 is 1.82 bits per heavy atom. The number of hydrogen-bond donors (Lipinski definition) is 0. The van der Waals surface area contributed by atoms with Gasteiger partial charge in [-0.2, -0.15) is 11.8 Å². The van der Waals surface area contributed by atoms with Crippen molar-refractivity contribution in [2.24, 2.45) is 0 Å². The van der Waals surface area contributed by atoms with Crippen molar-refractivity contribution >= 4 is 34.5 Å². The molecule has 2 aliphatic heterocycles. The molecule has 2 aromatic carbocycles. The second-order valence-electron chi connectivity index (χ2n) is 9.23. The van der Waals surface area contributed by atoms with E-state index in [2.05, 4.69) is 42.3 Å². The zero-order chi connectivity index (χ0) is 23.4. The molecular formula is C26H35N3O3S. The molecule has 0 saturated carbocycles. The molecule has 2 saturated heterocycles. The molecule has 1 spiro atoms. The highest BCUT2D eigenvalue weighted by Gasteiger charge is 2.57. The molecule has 2 aliphatic rings. The number of carbonyl (C=O) groups is 2. The Hall–Kier alpha value is -2.09. The number of benzene rings is 2. The van der Waals surface area contributed by atoms with Crippen molar-refractivity contribution in [3.8, 4) is 0 Å². The van der Waals surface area contributed by atoms with Gasteiger partial charge in [0.1, 0.15) is 5.54 Å². The molecule has 1 atom stereocenters. The zero-order valence-corrected chi connectivity index (χ0v) is 20.8. The number of rotatable bonds is 9. The van der Waals surface area contributed by atoms with E-state index < -0.39 is 5.54 Å². The topological polar surface area (TPSA) is 53.1 Å². The van der Waals surface area contributed by atoms with Crippen LogP contribution in [0.3, 0.4) is 0 Å². The normalized spacial score (nSPS) is 19.7. The first-order valence-corrected chi connectivity index (χ1v) is 13.2. The minimum Gasteiger partial charge on any atom is -0.385 e. The van der Waals surface area contributed by atoms with E-state index in [1.165, 1.54) is 4.90 Å². The van der Waals surface area contributed by atoms with Crippen molar-refractivity contribution in [3.63, 3.8) is 0 Å². The van der Waals surface area contributed by atoms with E-state index in [4.69, 9.17) is 4.74 Å². The number of imide groups is 1. The number of hydrogen-bond acceptors (Lipinski definition) is 5. The molecule has 178 valence electrons. The third kappa shape index (κ3) is 4.77. The number of likely N-dealkylation sites (tertiary alicyclic amines) is 1. The molecule has 4 rings (SSSR count). The van der Waals surface area contributed by atoms with Crippen molar-refractivity contribution in [2.75, 3.05) is 45.4 Å². The molecule has 7 heteroatoms. The second kappa shape index (κ2) is 10.5. The van der Waals surface area contributed by atoms with Gasteiger partial charge < -0.3 is 9.64 Å². The van der Waals surface area contributed by atoms with E-state index >= 15 is 0 Å². The lowest BCUT2D eigenvalue weighted by molar-refractivity contribution is -0.136. The van der Waals surface area contributed by atoms with Crippen molar-refractivity contribution in [1.82, 2.24) is 14.7 Å². The van der Waals surface area contributed by atoms with Crippen LogP contribution in [-0.4, -0.2) is 83.6 Å². The maximum atomic E-state index is 13.8. The average Bonchev–Trinajstić information content (AvgIpc) is 3.01. The van der Waals surface area contributed by atoms with Crippen LogP contribution in [0.2, 0.25) is 0 Å². The summed E-state index contributed by atoms with van der Waals surface area (Å²) in [6, 6.07) is 14.7. The molecule has 2 aromatic rings. The Kier molecular flexibility index (Phi) is 7.62. The first kappa shape index (κ1) is 24.0. The number of thioether (sulfide) groups is 1. The third-order valence-electron chi connectivity index (χ3n) is 7.16. The largest absolute Gasteiger partial charge is 0.385 e. The molecule has 0 unspecified atom stereocenters. The van der Waals surface area contributed by atoms with Gasteiger partial charge in [0.05, 0.1) is 6.54 Å². The monoisotopic (exact) mass is 469 g/mol. The van der Waals surface area contributed by atoms with Gasteiger partial charge in [0.2, 0.25) is 0 Å². The SMILES string of the molecule is COCCCN1C(=O)N(Cc2ccc3ccccc3c2)C(=O)C12CCN([C@@H](C)CSC)CC2. The van der Waals surface area contributed by atoms with Crippen LogP contribution in [0.15, 0.2) is 42.5 Å². The number of methoxy groups -OCH3 is 1. The van der Waals surface area contributed by atoms with Gasteiger partial charge in [-0.1, -0.05) is 36.4 Å². The van der Waals surface area contributed by atoms with E-state index in [0.29, 0.717) is 38.6 Å². The lowest BCUT2D eigenvalue weighted by atomic mass is 9.85. The van der Waals surface area contributed by atoms with Crippen molar-refractivity contribution in [2.45, 2.75) is 44.3 Å². The number of piperidine rings is 1. The van der Waals surface area contributed by atoms with Gasteiger partial charge in [0.15, 0.2) is 0 Å². The Labute approximate surface area is 201 Å². The van der Waals surface area contributed by atoms with E-state index in [9.17, 15) is 9.59 Å². The van der Waals surface area contributed by atoms with Crippen molar-refractivity contribution < 1.29 is 14.3 Å². The average molecular weight is 470 g/mol. The summed E-state index contributed by atoms with van der Waals surface area (Å²) in [6.45, 7) is 5.37. The highest BCUT2D eigenvalue weighted by atomic mass is 32.2. The van der Waals surface area contributed by atoms with Gasteiger partial charge in [-0.05, 0) is 54.8 Å².